The SMILES string of the molecule is C.CC(C)[C@@H]1C[C@@H](c2c[nH]c3c(C(N)=O)cc(-c4ccsc4)cc23)CCS1(=O)=O.CC(C)[C@H]1C[C@H](c2c[nH]c3c(C(N)=O)cc(-c4ccsc4)cc23)CCS1(=O)=O. The van der Waals surface area contributed by atoms with Gasteiger partial charge in [0.05, 0.1) is 44.2 Å². The van der Waals surface area contributed by atoms with E-state index < -0.39 is 31.5 Å². The number of hydrogen-bond acceptors (Lipinski definition) is 8. The van der Waals surface area contributed by atoms with Crippen molar-refractivity contribution in [3.63, 3.8) is 0 Å². The van der Waals surface area contributed by atoms with Gasteiger partial charge >= 0.3 is 0 Å². The number of sulfone groups is 2. The van der Waals surface area contributed by atoms with Crippen molar-refractivity contribution in [3.8, 4) is 22.3 Å². The number of nitrogens with one attached hydrogen (secondary N) is 2. The monoisotopic (exact) mass is 848 g/mol. The Morgan fingerprint density at radius 1 is 0.649 bits per heavy atom. The Hall–Kier alpha value is -4.24. The molecule has 14 heteroatoms. The van der Waals surface area contributed by atoms with E-state index in [-0.39, 0.29) is 53.1 Å². The van der Waals surface area contributed by atoms with E-state index in [0.29, 0.717) is 36.8 Å². The van der Waals surface area contributed by atoms with Crippen molar-refractivity contribution in [2.75, 3.05) is 11.5 Å². The van der Waals surface area contributed by atoms with Crippen LogP contribution in [0.2, 0.25) is 0 Å². The van der Waals surface area contributed by atoms with Gasteiger partial charge in [-0.2, -0.15) is 22.7 Å². The number of thiophene rings is 2. The Bertz CT molecular complexity index is 2440. The molecule has 8 rings (SSSR count). The number of fused-ring (bicyclic) bond motifs is 2. The van der Waals surface area contributed by atoms with Crippen molar-refractivity contribution < 1.29 is 26.4 Å². The number of primary amides is 2. The Balaban J connectivity index is 0.000000189. The van der Waals surface area contributed by atoms with Gasteiger partial charge in [-0.25, -0.2) is 16.8 Å². The molecule has 6 heterocycles. The second kappa shape index (κ2) is 16.6. The lowest BCUT2D eigenvalue weighted by Gasteiger charge is -2.31. The van der Waals surface area contributed by atoms with Crippen LogP contribution in [-0.4, -0.2) is 60.6 Å². The molecule has 4 aromatic heterocycles. The zero-order chi connectivity index (χ0) is 40.1. The van der Waals surface area contributed by atoms with Gasteiger partial charge in [-0.1, -0.05) is 35.1 Å². The van der Waals surface area contributed by atoms with Gasteiger partial charge in [0, 0.05) is 23.2 Å². The van der Waals surface area contributed by atoms with Gasteiger partial charge in [0.1, 0.15) is 0 Å². The van der Waals surface area contributed by atoms with Gasteiger partial charge in [-0.15, -0.1) is 0 Å². The first kappa shape index (κ1) is 42.4. The maximum atomic E-state index is 12.5. The summed E-state index contributed by atoms with van der Waals surface area (Å²) in [6.07, 6.45) is 6.28. The summed E-state index contributed by atoms with van der Waals surface area (Å²) in [6.45, 7) is 7.89. The lowest BCUT2D eigenvalue weighted by Crippen LogP contribution is -2.35. The van der Waals surface area contributed by atoms with Gasteiger partial charge in [0.15, 0.2) is 19.7 Å². The van der Waals surface area contributed by atoms with Gasteiger partial charge in [-0.3, -0.25) is 9.59 Å². The van der Waals surface area contributed by atoms with Crippen LogP contribution >= 0.6 is 22.7 Å². The highest BCUT2D eigenvalue weighted by Gasteiger charge is 2.38. The lowest BCUT2D eigenvalue weighted by molar-refractivity contribution is 0.0993. The van der Waals surface area contributed by atoms with Crippen LogP contribution in [0.3, 0.4) is 0 Å². The minimum Gasteiger partial charge on any atom is -0.366 e. The summed E-state index contributed by atoms with van der Waals surface area (Å²) < 4.78 is 49.9. The predicted octanol–water partition coefficient (Wildman–Crippen LogP) is 9.26. The first-order valence-corrected chi connectivity index (χ1v) is 24.2. The molecule has 2 saturated heterocycles. The summed E-state index contributed by atoms with van der Waals surface area (Å²) in [4.78, 5) is 30.6. The summed E-state index contributed by atoms with van der Waals surface area (Å²) in [5.41, 5.74) is 19.9. The summed E-state index contributed by atoms with van der Waals surface area (Å²) in [6, 6.07) is 11.9. The van der Waals surface area contributed by atoms with Crippen LogP contribution in [-0.2, 0) is 19.7 Å². The highest BCUT2D eigenvalue weighted by atomic mass is 32.2. The highest BCUT2D eigenvalue weighted by Crippen LogP contribution is 2.42. The van der Waals surface area contributed by atoms with Crippen molar-refractivity contribution in [1.82, 2.24) is 9.97 Å². The summed E-state index contributed by atoms with van der Waals surface area (Å²) >= 11 is 3.20. The Kier molecular flexibility index (Phi) is 12.3. The van der Waals surface area contributed by atoms with E-state index in [1.165, 1.54) is 0 Å². The van der Waals surface area contributed by atoms with E-state index >= 15 is 0 Å². The maximum absolute atomic E-state index is 12.5. The number of carbonyl (C=O) groups is 2. The first-order valence-electron chi connectivity index (χ1n) is 18.9. The molecule has 0 spiro atoms. The van der Waals surface area contributed by atoms with Crippen LogP contribution in [0.25, 0.3) is 44.1 Å². The molecule has 6 N–H and O–H groups in total. The van der Waals surface area contributed by atoms with Crippen LogP contribution in [0.1, 0.15) is 104 Å². The topological polar surface area (TPSA) is 186 Å². The third-order valence-electron chi connectivity index (χ3n) is 11.7. The maximum Gasteiger partial charge on any atom is 0.250 e. The quantitative estimate of drug-likeness (QED) is 0.118. The summed E-state index contributed by atoms with van der Waals surface area (Å²) in [5.74, 6) is -0.0731. The Morgan fingerprint density at radius 2 is 1.04 bits per heavy atom. The minimum absolute atomic E-state index is 0. The smallest absolute Gasteiger partial charge is 0.250 e. The van der Waals surface area contributed by atoms with Crippen molar-refractivity contribution in [3.05, 3.63) is 92.6 Å². The van der Waals surface area contributed by atoms with Crippen molar-refractivity contribution >= 4 is 76.0 Å². The molecule has 2 amide bonds. The standard InChI is InChI=1S/2C21H24N2O3S2.CH4/c2*1-12(2)19-9-13(4-6-28(19,25)26)18-10-23-20-16(18)7-15(8-17(20)21(22)24)14-3-5-27-11-14;/h2*3,5,7-8,10-13,19,23H,4,6,9H2,1-2H3,(H2,22,24);1H4/t2*13-,19-;/m10./s1. The van der Waals surface area contributed by atoms with E-state index in [1.54, 1.807) is 22.7 Å². The molecule has 0 aliphatic carbocycles. The minimum atomic E-state index is -3.05. The lowest BCUT2D eigenvalue weighted by atomic mass is 9.87. The molecule has 4 atom stereocenters. The normalized spacial score (nSPS) is 21.6. The number of nitrogens with two attached hydrogens (primary N) is 2. The van der Waals surface area contributed by atoms with Gasteiger partial charge in [0.25, 0.3) is 11.8 Å². The molecule has 57 heavy (non-hydrogen) atoms. The zero-order valence-electron chi connectivity index (χ0n) is 31.9. The molecular formula is C43H52N4O6S4. The second-order valence-electron chi connectivity index (χ2n) is 15.9. The fraction of sp³-hybridized carbons (Fsp3) is 0.395. The van der Waals surface area contributed by atoms with Crippen molar-refractivity contribution in [2.24, 2.45) is 23.3 Å². The number of amides is 2. The molecule has 0 bridgehead atoms. The zero-order valence-corrected chi connectivity index (χ0v) is 35.1. The summed E-state index contributed by atoms with van der Waals surface area (Å²) in [7, 11) is -6.10. The van der Waals surface area contributed by atoms with Crippen LogP contribution in [0.5, 0.6) is 0 Å². The van der Waals surface area contributed by atoms with Crippen LogP contribution in [0, 0.1) is 11.8 Å². The van der Waals surface area contributed by atoms with Crippen LogP contribution in [0.15, 0.2) is 70.3 Å². The fourth-order valence-corrected chi connectivity index (χ4v) is 14.6. The van der Waals surface area contributed by atoms with Crippen LogP contribution < -0.4 is 11.5 Å². The average molecular weight is 849 g/mol. The fourth-order valence-electron chi connectivity index (χ4n) is 8.71. The number of aromatic nitrogens is 2. The van der Waals surface area contributed by atoms with Crippen molar-refractivity contribution in [2.45, 2.75) is 83.1 Å². The van der Waals surface area contributed by atoms with E-state index in [0.717, 1.165) is 55.2 Å². The third kappa shape index (κ3) is 8.37. The molecule has 2 aromatic carbocycles. The van der Waals surface area contributed by atoms with E-state index in [1.807, 2.05) is 85.9 Å². The molecule has 0 unspecified atom stereocenters. The Morgan fingerprint density at radius 3 is 1.35 bits per heavy atom. The highest BCUT2D eigenvalue weighted by molar-refractivity contribution is 7.92. The number of benzene rings is 2. The van der Waals surface area contributed by atoms with Gasteiger partial charge < -0.3 is 21.4 Å². The molecule has 0 saturated carbocycles. The van der Waals surface area contributed by atoms with Crippen LogP contribution in [0.4, 0.5) is 0 Å². The third-order valence-corrected chi connectivity index (χ3v) is 18.0. The second-order valence-corrected chi connectivity index (χ2v) is 22.1. The molecule has 2 aliphatic rings. The average Bonchev–Trinajstić information content (AvgIpc) is 3.98. The molecule has 2 fully saturated rings. The molecule has 10 nitrogen and oxygen atoms in total. The molecular weight excluding hydrogens is 797 g/mol. The Labute approximate surface area is 343 Å². The molecule has 6 aromatic rings. The number of aromatic amines is 2. The van der Waals surface area contributed by atoms with E-state index in [4.69, 9.17) is 11.5 Å². The predicted molar refractivity (Wildman–Crippen MR) is 236 cm³/mol. The number of rotatable bonds is 8. The largest absolute Gasteiger partial charge is 0.366 e. The van der Waals surface area contributed by atoms with E-state index in [9.17, 15) is 26.4 Å². The summed E-state index contributed by atoms with van der Waals surface area (Å²) in [5, 5.41) is 9.36. The first-order chi connectivity index (χ1) is 26.6. The van der Waals surface area contributed by atoms with E-state index in [2.05, 4.69) is 22.1 Å². The van der Waals surface area contributed by atoms with Crippen molar-refractivity contribution in [1.29, 1.82) is 0 Å². The number of H-pyrrole nitrogens is 2. The van der Waals surface area contributed by atoms with Gasteiger partial charge in [-0.05, 0) is 141 Å². The molecule has 2 aliphatic heterocycles. The number of carbonyl (C=O) groups excluding carboxylic acids is 2. The molecule has 304 valence electrons. The van der Waals surface area contributed by atoms with Gasteiger partial charge in [0.2, 0.25) is 0 Å². The molecule has 0 radical (unpaired) electrons. The number of hydrogen-bond donors (Lipinski definition) is 4.